The molecule has 2 aromatic carbocycles. The van der Waals surface area contributed by atoms with Gasteiger partial charge < -0.3 is 20.1 Å². The van der Waals surface area contributed by atoms with E-state index in [0.29, 0.717) is 17.2 Å². The Morgan fingerprint density at radius 2 is 1.79 bits per heavy atom. The van der Waals surface area contributed by atoms with E-state index in [9.17, 15) is 13.2 Å². The highest BCUT2D eigenvalue weighted by atomic mass is 32.2. The first-order chi connectivity index (χ1) is 13.1. The average Bonchev–Trinajstić information content (AvgIpc) is 2.60. The molecule has 0 aliphatic rings. The van der Waals surface area contributed by atoms with E-state index in [1.54, 1.807) is 25.3 Å². The highest BCUT2D eigenvalue weighted by Crippen LogP contribution is 2.31. The van der Waals surface area contributed by atoms with Crippen LogP contribution in [0.5, 0.6) is 11.5 Å². The van der Waals surface area contributed by atoms with Gasteiger partial charge >= 0.3 is 6.03 Å². The summed E-state index contributed by atoms with van der Waals surface area (Å²) in [6, 6.07) is 10.3. The summed E-state index contributed by atoms with van der Waals surface area (Å²) in [7, 11) is -2.29. The number of rotatable bonds is 7. The topological polar surface area (TPSA) is 120 Å². The number of nitrogens with two attached hydrogens (primary N) is 1. The molecule has 0 heterocycles. The molecular weight excluding hydrogens is 382 g/mol. The number of carbonyl (C=O) groups excluding carboxylic acids is 1. The normalized spacial score (nSPS) is 12.4. The quantitative estimate of drug-likeness (QED) is 0.652. The third-order valence-corrected chi connectivity index (χ3v) is 4.73. The summed E-state index contributed by atoms with van der Waals surface area (Å²) in [4.78, 5) is 12.2. The second-order valence-electron chi connectivity index (χ2n) is 6.47. The molecule has 1 atom stereocenters. The number of benzene rings is 2. The number of primary sulfonamides is 1. The SMILES string of the molecule is COc1cc(C(C)NC(=O)Nc2cccc(S(N)(=O)=O)c2)ccc1OC(C)C. The van der Waals surface area contributed by atoms with Gasteiger partial charge in [-0.3, -0.25) is 0 Å². The van der Waals surface area contributed by atoms with Crippen LogP contribution in [0.15, 0.2) is 47.4 Å². The van der Waals surface area contributed by atoms with Gasteiger partial charge in [0.05, 0.1) is 24.2 Å². The molecule has 0 saturated carbocycles. The maximum Gasteiger partial charge on any atom is 0.319 e. The fourth-order valence-corrected chi connectivity index (χ4v) is 3.06. The van der Waals surface area contributed by atoms with E-state index in [-0.39, 0.29) is 17.0 Å². The van der Waals surface area contributed by atoms with Gasteiger partial charge in [-0.2, -0.15) is 0 Å². The minimum atomic E-state index is -3.85. The molecule has 2 amide bonds. The van der Waals surface area contributed by atoms with E-state index < -0.39 is 16.1 Å². The number of anilines is 1. The summed E-state index contributed by atoms with van der Waals surface area (Å²) in [6.45, 7) is 5.66. The van der Waals surface area contributed by atoms with Crippen LogP contribution in [0.4, 0.5) is 10.5 Å². The summed E-state index contributed by atoms with van der Waals surface area (Å²) in [5.74, 6) is 1.19. The Bertz CT molecular complexity index is 944. The summed E-state index contributed by atoms with van der Waals surface area (Å²) in [5.41, 5.74) is 1.14. The summed E-state index contributed by atoms with van der Waals surface area (Å²) in [6.07, 6.45) is 0.00850. The number of methoxy groups -OCH3 is 1. The van der Waals surface area contributed by atoms with Crippen LogP contribution in [-0.4, -0.2) is 27.7 Å². The molecule has 2 rings (SSSR count). The number of amides is 2. The molecule has 0 fully saturated rings. The van der Waals surface area contributed by atoms with Gasteiger partial charge in [0.2, 0.25) is 10.0 Å². The van der Waals surface area contributed by atoms with Gasteiger partial charge in [0.1, 0.15) is 0 Å². The Balaban J connectivity index is 2.08. The van der Waals surface area contributed by atoms with Crippen LogP contribution in [0, 0.1) is 0 Å². The van der Waals surface area contributed by atoms with Crippen molar-refractivity contribution in [2.45, 2.75) is 37.8 Å². The van der Waals surface area contributed by atoms with Gasteiger partial charge in [0.25, 0.3) is 0 Å². The van der Waals surface area contributed by atoms with Crippen LogP contribution >= 0.6 is 0 Å². The molecule has 28 heavy (non-hydrogen) atoms. The molecule has 8 nitrogen and oxygen atoms in total. The van der Waals surface area contributed by atoms with E-state index >= 15 is 0 Å². The Hall–Kier alpha value is -2.78. The van der Waals surface area contributed by atoms with Crippen LogP contribution in [0.25, 0.3) is 0 Å². The van der Waals surface area contributed by atoms with E-state index in [2.05, 4.69) is 10.6 Å². The van der Waals surface area contributed by atoms with Crippen LogP contribution in [0.1, 0.15) is 32.4 Å². The molecule has 0 radical (unpaired) electrons. The smallest absolute Gasteiger partial charge is 0.319 e. The largest absolute Gasteiger partial charge is 0.493 e. The first-order valence-electron chi connectivity index (χ1n) is 8.65. The molecule has 0 aliphatic carbocycles. The molecule has 4 N–H and O–H groups in total. The minimum Gasteiger partial charge on any atom is -0.493 e. The standard InChI is InChI=1S/C19H25N3O5S/c1-12(2)27-17-9-8-14(10-18(17)26-4)13(3)21-19(23)22-15-6-5-7-16(11-15)28(20,24)25/h5-13H,1-4H3,(H2,20,24,25)(H2,21,22,23). The molecule has 2 aromatic rings. The van der Waals surface area contributed by atoms with Crippen molar-refractivity contribution in [2.24, 2.45) is 5.14 Å². The number of ether oxygens (including phenoxy) is 2. The maximum atomic E-state index is 12.3. The zero-order chi connectivity index (χ0) is 20.9. The number of urea groups is 1. The number of nitrogens with one attached hydrogen (secondary N) is 2. The molecule has 0 bridgehead atoms. The summed E-state index contributed by atoms with van der Waals surface area (Å²) >= 11 is 0. The first kappa shape index (κ1) is 21.5. The van der Waals surface area contributed by atoms with Crippen molar-refractivity contribution in [2.75, 3.05) is 12.4 Å². The fraction of sp³-hybridized carbons (Fsp3) is 0.316. The van der Waals surface area contributed by atoms with Crippen molar-refractivity contribution >= 4 is 21.7 Å². The highest BCUT2D eigenvalue weighted by Gasteiger charge is 2.15. The van der Waals surface area contributed by atoms with Crippen molar-refractivity contribution in [3.8, 4) is 11.5 Å². The van der Waals surface area contributed by atoms with Crippen molar-refractivity contribution in [3.63, 3.8) is 0 Å². The molecule has 9 heteroatoms. The second-order valence-corrected chi connectivity index (χ2v) is 8.03. The monoisotopic (exact) mass is 407 g/mol. The molecule has 1 unspecified atom stereocenters. The number of hydrogen-bond donors (Lipinski definition) is 3. The van der Waals surface area contributed by atoms with Crippen molar-refractivity contribution in [1.82, 2.24) is 5.32 Å². The number of sulfonamides is 1. The molecule has 0 aromatic heterocycles. The van der Waals surface area contributed by atoms with E-state index in [1.807, 2.05) is 26.8 Å². The molecule has 0 aliphatic heterocycles. The number of hydrogen-bond acceptors (Lipinski definition) is 5. The van der Waals surface area contributed by atoms with Crippen molar-refractivity contribution < 1.29 is 22.7 Å². The zero-order valence-corrected chi connectivity index (χ0v) is 17.0. The molecule has 0 saturated heterocycles. The summed E-state index contributed by atoms with van der Waals surface area (Å²) in [5, 5.41) is 10.5. The lowest BCUT2D eigenvalue weighted by Gasteiger charge is -2.18. The van der Waals surface area contributed by atoms with Crippen molar-refractivity contribution in [3.05, 3.63) is 48.0 Å². The lowest BCUT2D eigenvalue weighted by atomic mass is 10.1. The third kappa shape index (κ3) is 5.86. The Morgan fingerprint density at radius 1 is 1.07 bits per heavy atom. The van der Waals surface area contributed by atoms with Gasteiger partial charge in [-0.25, -0.2) is 18.4 Å². The van der Waals surface area contributed by atoms with Crippen LogP contribution in [0.3, 0.4) is 0 Å². The first-order valence-corrected chi connectivity index (χ1v) is 10.2. The zero-order valence-electron chi connectivity index (χ0n) is 16.2. The Kier molecular flexibility index (Phi) is 6.87. The Morgan fingerprint density at radius 3 is 2.39 bits per heavy atom. The second kappa shape index (κ2) is 8.94. The van der Waals surface area contributed by atoms with Gasteiger partial charge in [0, 0.05) is 5.69 Å². The van der Waals surface area contributed by atoms with Crippen LogP contribution in [-0.2, 0) is 10.0 Å². The van der Waals surface area contributed by atoms with Crippen LogP contribution < -0.4 is 25.2 Å². The lowest BCUT2D eigenvalue weighted by molar-refractivity contribution is 0.230. The molecular formula is C19H25N3O5S. The van der Waals surface area contributed by atoms with Gasteiger partial charge in [-0.15, -0.1) is 0 Å². The van der Waals surface area contributed by atoms with Crippen LogP contribution in [0.2, 0.25) is 0 Å². The average molecular weight is 407 g/mol. The van der Waals surface area contributed by atoms with E-state index in [1.165, 1.54) is 18.2 Å². The molecule has 152 valence electrons. The minimum absolute atomic E-state index is 0.00850. The van der Waals surface area contributed by atoms with E-state index in [0.717, 1.165) is 5.56 Å². The predicted molar refractivity (Wildman–Crippen MR) is 107 cm³/mol. The maximum absolute atomic E-state index is 12.3. The Labute approximate surface area is 165 Å². The highest BCUT2D eigenvalue weighted by molar-refractivity contribution is 7.89. The van der Waals surface area contributed by atoms with Gasteiger partial charge in [-0.05, 0) is 56.7 Å². The van der Waals surface area contributed by atoms with Gasteiger partial charge in [-0.1, -0.05) is 12.1 Å². The van der Waals surface area contributed by atoms with E-state index in [4.69, 9.17) is 14.6 Å². The van der Waals surface area contributed by atoms with Crippen molar-refractivity contribution in [1.29, 1.82) is 0 Å². The third-order valence-electron chi connectivity index (χ3n) is 3.82. The lowest BCUT2D eigenvalue weighted by Crippen LogP contribution is -2.31. The number of carbonyl (C=O) groups is 1. The predicted octanol–water partition coefficient (Wildman–Crippen LogP) is 3.01. The molecule has 0 spiro atoms. The summed E-state index contributed by atoms with van der Waals surface area (Å²) < 4.78 is 33.9. The van der Waals surface area contributed by atoms with Gasteiger partial charge in [0.15, 0.2) is 11.5 Å². The fourth-order valence-electron chi connectivity index (χ4n) is 2.50.